The van der Waals surface area contributed by atoms with Crippen molar-refractivity contribution < 1.29 is 14.4 Å². The molecule has 1 N–H and O–H groups in total. The zero-order valence-corrected chi connectivity index (χ0v) is 20.1. The van der Waals surface area contributed by atoms with Gasteiger partial charge in [-0.2, -0.15) is 0 Å². The summed E-state index contributed by atoms with van der Waals surface area (Å²) in [6.07, 6.45) is 0.265. The molecule has 8 nitrogen and oxygen atoms in total. The fraction of sp³-hybridized carbons (Fsp3) is 0.423. The normalized spacial score (nSPS) is 21.1. The molecule has 34 heavy (non-hydrogen) atoms. The molecule has 4 rings (SSSR count). The first-order valence-electron chi connectivity index (χ1n) is 11.8. The minimum Gasteiger partial charge on any atom is -0.337 e. The molecule has 0 spiro atoms. The zero-order chi connectivity index (χ0) is 24.2. The first-order valence-corrected chi connectivity index (χ1v) is 11.8. The lowest BCUT2D eigenvalue weighted by Crippen LogP contribution is -2.73. The second-order valence-corrected chi connectivity index (χ2v) is 9.37. The van der Waals surface area contributed by atoms with Crippen LogP contribution in [0.5, 0.6) is 0 Å². The molecule has 4 amide bonds. The third kappa shape index (κ3) is 4.92. The van der Waals surface area contributed by atoms with E-state index in [0.717, 1.165) is 17.5 Å². The van der Waals surface area contributed by atoms with Crippen molar-refractivity contribution in [3.63, 3.8) is 0 Å². The van der Waals surface area contributed by atoms with Gasteiger partial charge in [-0.15, -0.1) is 0 Å². The number of urea groups is 1. The predicted octanol–water partition coefficient (Wildman–Crippen LogP) is 2.84. The molecule has 2 aromatic rings. The second kappa shape index (κ2) is 10.3. The van der Waals surface area contributed by atoms with E-state index in [1.54, 1.807) is 22.0 Å². The molecule has 2 heterocycles. The van der Waals surface area contributed by atoms with Gasteiger partial charge < -0.3 is 15.1 Å². The number of hydrazine groups is 1. The van der Waals surface area contributed by atoms with Crippen molar-refractivity contribution in [3.8, 4) is 0 Å². The lowest BCUT2D eigenvalue weighted by molar-refractivity contribution is -0.187. The smallest absolute Gasteiger partial charge is 0.334 e. The van der Waals surface area contributed by atoms with Crippen LogP contribution in [0, 0.1) is 5.92 Å². The number of nitrogens with zero attached hydrogens (tertiary/aromatic N) is 4. The Kier molecular flexibility index (Phi) is 7.17. The zero-order valence-electron chi connectivity index (χ0n) is 20.1. The van der Waals surface area contributed by atoms with Crippen LogP contribution in [0.2, 0.25) is 0 Å². The number of carbonyl (C=O) groups is 3. The van der Waals surface area contributed by atoms with E-state index >= 15 is 0 Å². The Morgan fingerprint density at radius 1 is 1.03 bits per heavy atom. The van der Waals surface area contributed by atoms with Crippen LogP contribution in [0.4, 0.5) is 4.79 Å². The van der Waals surface area contributed by atoms with E-state index in [1.807, 2.05) is 65.6 Å². The molecule has 0 aliphatic carbocycles. The van der Waals surface area contributed by atoms with Gasteiger partial charge in [-0.25, -0.2) is 14.8 Å². The highest BCUT2D eigenvalue weighted by Gasteiger charge is 2.51. The van der Waals surface area contributed by atoms with Gasteiger partial charge in [-0.05, 0) is 23.5 Å². The molecule has 180 valence electrons. The minimum atomic E-state index is -0.752. The summed E-state index contributed by atoms with van der Waals surface area (Å²) in [7, 11) is 1.74. The number of rotatable bonds is 6. The summed E-state index contributed by atoms with van der Waals surface area (Å²) in [4.78, 5) is 43.6. The molecule has 0 saturated carbocycles. The lowest BCUT2D eigenvalue weighted by atomic mass is 9.98. The number of amides is 4. The minimum absolute atomic E-state index is 0.0257. The van der Waals surface area contributed by atoms with Gasteiger partial charge in [0.15, 0.2) is 0 Å². The monoisotopic (exact) mass is 463 g/mol. The number of hydrogen-bond donors (Lipinski definition) is 1. The maximum atomic E-state index is 13.6. The Hall–Kier alpha value is -3.39. The Morgan fingerprint density at radius 3 is 2.32 bits per heavy atom. The van der Waals surface area contributed by atoms with E-state index in [0.29, 0.717) is 19.0 Å². The molecular weight excluding hydrogens is 430 g/mol. The molecule has 0 radical (unpaired) electrons. The molecular formula is C26H33N5O3. The first-order chi connectivity index (χ1) is 16.4. The third-order valence-corrected chi connectivity index (χ3v) is 6.42. The Labute approximate surface area is 201 Å². The van der Waals surface area contributed by atoms with E-state index in [2.05, 4.69) is 19.2 Å². The van der Waals surface area contributed by atoms with Gasteiger partial charge in [-0.1, -0.05) is 74.5 Å². The maximum Gasteiger partial charge on any atom is 0.334 e. The van der Waals surface area contributed by atoms with Gasteiger partial charge in [0.1, 0.15) is 12.2 Å². The fourth-order valence-electron chi connectivity index (χ4n) is 4.62. The van der Waals surface area contributed by atoms with Crippen LogP contribution >= 0.6 is 0 Å². The van der Waals surface area contributed by atoms with Crippen LogP contribution < -0.4 is 5.32 Å². The van der Waals surface area contributed by atoms with Crippen molar-refractivity contribution in [2.24, 2.45) is 5.92 Å². The number of carbonyl (C=O) groups excluding carboxylic acids is 3. The molecule has 2 aromatic carbocycles. The molecule has 0 aromatic heterocycles. The third-order valence-electron chi connectivity index (χ3n) is 6.42. The standard InChI is InChI=1S/C26H33N5O3/c1-19(2)14-15-29-17-22-30(24(25(29)33)21-12-8-5-9-13-21)23(32)18-28(3)31(22)26(34)27-16-20-10-6-4-7-11-20/h4-13,19,22,24H,14-18H2,1-3H3,(H,27,34)/t22-,24-/m0/s1. The largest absolute Gasteiger partial charge is 0.337 e. The van der Waals surface area contributed by atoms with Crippen molar-refractivity contribution in [2.45, 2.75) is 39.0 Å². The van der Waals surface area contributed by atoms with E-state index < -0.39 is 12.2 Å². The van der Waals surface area contributed by atoms with Crippen molar-refractivity contribution in [1.82, 2.24) is 25.1 Å². The number of hydrogen-bond acceptors (Lipinski definition) is 4. The summed E-state index contributed by atoms with van der Waals surface area (Å²) in [5.41, 5.74) is 1.75. The van der Waals surface area contributed by atoms with Gasteiger partial charge >= 0.3 is 6.03 Å². The van der Waals surface area contributed by atoms with Crippen molar-refractivity contribution >= 4 is 17.8 Å². The van der Waals surface area contributed by atoms with Crippen LogP contribution in [0.15, 0.2) is 60.7 Å². The van der Waals surface area contributed by atoms with Crippen LogP contribution in [0.3, 0.4) is 0 Å². The van der Waals surface area contributed by atoms with Gasteiger partial charge in [-0.3, -0.25) is 9.59 Å². The summed E-state index contributed by atoms with van der Waals surface area (Å²) in [6.45, 7) is 5.51. The van der Waals surface area contributed by atoms with Crippen LogP contribution in [-0.4, -0.2) is 70.5 Å². The average Bonchev–Trinajstić information content (AvgIpc) is 2.83. The molecule has 8 heteroatoms. The SMILES string of the molecule is CC(C)CCN1C[C@H]2N(C(=O)CN(C)N2C(=O)NCc2ccccc2)[C@@H](c2ccccc2)C1=O. The molecule has 2 atom stereocenters. The maximum absolute atomic E-state index is 13.6. The molecule has 2 saturated heterocycles. The van der Waals surface area contributed by atoms with Crippen LogP contribution in [0.25, 0.3) is 0 Å². The van der Waals surface area contributed by atoms with E-state index in [9.17, 15) is 14.4 Å². The number of likely N-dealkylation sites (N-methyl/N-ethyl adjacent to an activating group) is 1. The number of piperazine rings is 1. The quantitative estimate of drug-likeness (QED) is 0.715. The van der Waals surface area contributed by atoms with Crippen LogP contribution in [-0.2, 0) is 16.1 Å². The summed E-state index contributed by atoms with van der Waals surface area (Å²) in [6, 6.07) is 18.0. The molecule has 2 aliphatic rings. The van der Waals surface area contributed by atoms with Gasteiger partial charge in [0.05, 0.1) is 13.1 Å². The van der Waals surface area contributed by atoms with Gasteiger partial charge in [0.25, 0.3) is 0 Å². The van der Waals surface area contributed by atoms with Crippen molar-refractivity contribution in [3.05, 3.63) is 71.8 Å². The highest BCUT2D eigenvalue weighted by molar-refractivity contribution is 5.92. The van der Waals surface area contributed by atoms with E-state index in [-0.39, 0.29) is 30.9 Å². The highest BCUT2D eigenvalue weighted by Crippen LogP contribution is 2.34. The molecule has 0 unspecified atom stereocenters. The molecule has 2 aliphatic heterocycles. The van der Waals surface area contributed by atoms with Gasteiger partial charge in [0.2, 0.25) is 11.8 Å². The van der Waals surface area contributed by atoms with Crippen LogP contribution in [0.1, 0.15) is 37.4 Å². The summed E-state index contributed by atoms with van der Waals surface area (Å²) < 4.78 is 0. The predicted molar refractivity (Wildman–Crippen MR) is 129 cm³/mol. The number of fused-ring (bicyclic) bond motifs is 1. The molecule has 2 fully saturated rings. The van der Waals surface area contributed by atoms with Gasteiger partial charge in [0, 0.05) is 20.1 Å². The summed E-state index contributed by atoms with van der Waals surface area (Å²) in [5, 5.41) is 6.23. The Balaban J connectivity index is 1.64. The Morgan fingerprint density at radius 2 is 1.68 bits per heavy atom. The number of nitrogens with one attached hydrogen (secondary N) is 1. The van der Waals surface area contributed by atoms with Crippen molar-refractivity contribution in [2.75, 3.05) is 26.7 Å². The highest BCUT2D eigenvalue weighted by atomic mass is 16.2. The Bertz CT molecular complexity index is 1010. The van der Waals surface area contributed by atoms with Crippen molar-refractivity contribution in [1.29, 1.82) is 0 Å². The average molecular weight is 464 g/mol. The summed E-state index contributed by atoms with van der Waals surface area (Å²) >= 11 is 0. The second-order valence-electron chi connectivity index (χ2n) is 9.37. The van der Waals surface area contributed by atoms with E-state index in [1.165, 1.54) is 0 Å². The fourth-order valence-corrected chi connectivity index (χ4v) is 4.62. The first kappa shape index (κ1) is 23.8. The van der Waals surface area contributed by atoms with E-state index in [4.69, 9.17) is 0 Å². The summed E-state index contributed by atoms with van der Waals surface area (Å²) in [5.74, 6) is 0.179. The topological polar surface area (TPSA) is 76.2 Å². The molecule has 0 bridgehead atoms. The number of benzene rings is 2. The lowest BCUT2D eigenvalue weighted by Gasteiger charge is -2.54.